The van der Waals surface area contributed by atoms with Crippen LogP contribution in [0, 0.1) is 5.82 Å². The summed E-state index contributed by atoms with van der Waals surface area (Å²) in [7, 11) is -3.74. The Labute approximate surface area is 127 Å². The molecule has 21 heavy (non-hydrogen) atoms. The molecule has 2 rings (SSSR count). The van der Waals surface area contributed by atoms with Crippen molar-refractivity contribution < 1.29 is 12.8 Å². The van der Waals surface area contributed by atoms with Gasteiger partial charge in [0.05, 0.1) is 9.92 Å². The van der Waals surface area contributed by atoms with E-state index in [9.17, 15) is 12.8 Å². The molecule has 1 unspecified atom stereocenters. The highest BCUT2D eigenvalue weighted by Crippen LogP contribution is 2.24. The van der Waals surface area contributed by atoms with E-state index in [-0.39, 0.29) is 16.0 Å². The van der Waals surface area contributed by atoms with E-state index < -0.39 is 15.8 Å². The lowest BCUT2D eigenvalue weighted by molar-refractivity contribution is 0.597. The van der Waals surface area contributed by atoms with Crippen molar-refractivity contribution in [1.29, 1.82) is 0 Å². The van der Waals surface area contributed by atoms with Crippen LogP contribution in [0.4, 0.5) is 10.1 Å². The van der Waals surface area contributed by atoms with Gasteiger partial charge in [0.1, 0.15) is 5.82 Å². The number of halogens is 2. The van der Waals surface area contributed by atoms with Gasteiger partial charge in [-0.15, -0.1) is 0 Å². The van der Waals surface area contributed by atoms with E-state index in [4.69, 9.17) is 16.7 Å². The Morgan fingerprint density at radius 1 is 1.24 bits per heavy atom. The minimum absolute atomic E-state index is 0.0190. The fraction of sp³-hybridized carbons (Fsp3) is 0.143. The van der Waals surface area contributed by atoms with Gasteiger partial charge >= 0.3 is 0 Å². The molecule has 0 spiro atoms. The van der Waals surface area contributed by atoms with Crippen LogP contribution in [0.2, 0.25) is 5.02 Å². The Balaban J connectivity index is 2.24. The molecule has 0 saturated carbocycles. The smallest absolute Gasteiger partial charge is 0.238 e. The molecule has 0 aliphatic carbocycles. The standard InChI is InChI=1S/C14H14ClFN2O2S/c1-9(18-11-5-6-14(16)13(15)8-11)10-3-2-4-12(7-10)21(17,19)20/h2-9,18H,1H3,(H2,17,19,20). The molecule has 112 valence electrons. The molecule has 4 nitrogen and oxygen atoms in total. The van der Waals surface area contributed by atoms with Crippen LogP contribution in [0.1, 0.15) is 18.5 Å². The lowest BCUT2D eigenvalue weighted by atomic mass is 10.1. The lowest BCUT2D eigenvalue weighted by Gasteiger charge is -2.16. The van der Waals surface area contributed by atoms with Gasteiger partial charge in [-0.3, -0.25) is 0 Å². The third-order valence-electron chi connectivity index (χ3n) is 2.99. The Morgan fingerprint density at radius 2 is 1.95 bits per heavy atom. The highest BCUT2D eigenvalue weighted by atomic mass is 35.5. The molecule has 0 bridgehead atoms. The summed E-state index contributed by atoms with van der Waals surface area (Å²) in [5.74, 6) is -0.494. The number of hydrogen-bond acceptors (Lipinski definition) is 3. The Hall–Kier alpha value is -1.63. The predicted octanol–water partition coefficient (Wildman–Crippen LogP) is 3.30. The topological polar surface area (TPSA) is 72.2 Å². The Kier molecular flexibility index (Phi) is 4.51. The molecule has 0 amide bonds. The molecule has 0 radical (unpaired) electrons. The average molecular weight is 329 g/mol. The molecule has 3 N–H and O–H groups in total. The van der Waals surface area contributed by atoms with Crippen molar-refractivity contribution in [3.8, 4) is 0 Å². The fourth-order valence-electron chi connectivity index (χ4n) is 1.88. The number of nitrogens with two attached hydrogens (primary N) is 1. The normalized spacial score (nSPS) is 13.0. The van der Waals surface area contributed by atoms with Crippen molar-refractivity contribution in [2.75, 3.05) is 5.32 Å². The largest absolute Gasteiger partial charge is 0.378 e. The predicted molar refractivity (Wildman–Crippen MR) is 81.3 cm³/mol. The van der Waals surface area contributed by atoms with Gasteiger partial charge in [0, 0.05) is 11.7 Å². The second kappa shape index (κ2) is 6.01. The van der Waals surface area contributed by atoms with Crippen molar-refractivity contribution >= 4 is 27.3 Å². The van der Waals surface area contributed by atoms with E-state index in [2.05, 4.69) is 5.32 Å². The molecule has 0 aliphatic heterocycles. The average Bonchev–Trinajstić information content (AvgIpc) is 2.42. The Bertz CT molecular complexity index is 765. The van der Waals surface area contributed by atoms with Crippen LogP contribution < -0.4 is 10.5 Å². The molecule has 2 aromatic rings. The van der Waals surface area contributed by atoms with Crippen LogP contribution in [-0.2, 0) is 10.0 Å². The van der Waals surface area contributed by atoms with Crippen LogP contribution in [0.15, 0.2) is 47.4 Å². The van der Waals surface area contributed by atoms with Crippen molar-refractivity contribution in [3.63, 3.8) is 0 Å². The second-order valence-corrected chi connectivity index (χ2v) is 6.58. The van der Waals surface area contributed by atoms with E-state index in [0.29, 0.717) is 5.69 Å². The number of sulfonamides is 1. The number of primary sulfonamides is 1. The molecule has 0 aromatic heterocycles. The van der Waals surface area contributed by atoms with Crippen LogP contribution in [-0.4, -0.2) is 8.42 Å². The molecular formula is C14H14ClFN2O2S. The first-order chi connectivity index (χ1) is 9.77. The van der Waals surface area contributed by atoms with Gasteiger partial charge in [-0.1, -0.05) is 23.7 Å². The lowest BCUT2D eigenvalue weighted by Crippen LogP contribution is -2.13. The van der Waals surface area contributed by atoms with Crippen molar-refractivity contribution in [2.24, 2.45) is 5.14 Å². The first-order valence-electron chi connectivity index (χ1n) is 6.12. The zero-order chi connectivity index (χ0) is 15.6. The van der Waals surface area contributed by atoms with E-state index >= 15 is 0 Å². The van der Waals surface area contributed by atoms with Crippen molar-refractivity contribution in [3.05, 3.63) is 58.9 Å². The number of rotatable bonds is 4. The van der Waals surface area contributed by atoms with Crippen LogP contribution >= 0.6 is 11.6 Å². The fourth-order valence-corrected chi connectivity index (χ4v) is 2.63. The molecule has 0 heterocycles. The maximum absolute atomic E-state index is 13.1. The van der Waals surface area contributed by atoms with Crippen molar-refractivity contribution in [1.82, 2.24) is 0 Å². The summed E-state index contributed by atoms with van der Waals surface area (Å²) in [6.45, 7) is 1.85. The first-order valence-corrected chi connectivity index (χ1v) is 8.04. The highest BCUT2D eigenvalue weighted by molar-refractivity contribution is 7.89. The SMILES string of the molecule is CC(Nc1ccc(F)c(Cl)c1)c1cccc(S(N)(=O)=O)c1. The van der Waals surface area contributed by atoms with Gasteiger partial charge in [-0.05, 0) is 42.8 Å². The number of nitrogens with one attached hydrogen (secondary N) is 1. The van der Waals surface area contributed by atoms with Crippen LogP contribution in [0.3, 0.4) is 0 Å². The Morgan fingerprint density at radius 3 is 2.57 bits per heavy atom. The maximum atomic E-state index is 13.1. The van der Waals surface area contributed by atoms with Gasteiger partial charge in [-0.25, -0.2) is 17.9 Å². The molecule has 0 saturated heterocycles. The molecular weight excluding hydrogens is 315 g/mol. The van der Waals surface area contributed by atoms with E-state index in [1.54, 1.807) is 18.2 Å². The minimum Gasteiger partial charge on any atom is -0.378 e. The minimum atomic E-state index is -3.74. The van der Waals surface area contributed by atoms with Crippen LogP contribution in [0.5, 0.6) is 0 Å². The first kappa shape index (κ1) is 15.8. The monoisotopic (exact) mass is 328 g/mol. The molecule has 1 atom stereocenters. The molecule has 0 aliphatic rings. The molecule has 7 heteroatoms. The van der Waals surface area contributed by atoms with Gasteiger partial charge in [0.15, 0.2) is 0 Å². The third-order valence-corrected chi connectivity index (χ3v) is 4.19. The summed E-state index contributed by atoms with van der Waals surface area (Å²) in [6, 6.07) is 10.4. The van der Waals surface area contributed by atoms with Crippen molar-refractivity contribution in [2.45, 2.75) is 17.9 Å². The quantitative estimate of drug-likeness (QED) is 0.904. The van der Waals surface area contributed by atoms with Gasteiger partial charge in [-0.2, -0.15) is 0 Å². The van der Waals surface area contributed by atoms with E-state index in [1.807, 2.05) is 6.92 Å². The highest BCUT2D eigenvalue weighted by Gasteiger charge is 2.12. The number of benzene rings is 2. The van der Waals surface area contributed by atoms with Crippen LogP contribution in [0.25, 0.3) is 0 Å². The van der Waals surface area contributed by atoms with Gasteiger partial charge in [0.25, 0.3) is 0 Å². The van der Waals surface area contributed by atoms with Gasteiger partial charge in [0.2, 0.25) is 10.0 Å². The summed E-state index contributed by atoms with van der Waals surface area (Å²) < 4.78 is 35.8. The zero-order valence-corrected chi connectivity index (χ0v) is 12.7. The second-order valence-electron chi connectivity index (χ2n) is 4.61. The third kappa shape index (κ3) is 3.93. The summed E-state index contributed by atoms with van der Waals surface area (Å²) in [5, 5.41) is 8.24. The zero-order valence-electron chi connectivity index (χ0n) is 11.2. The van der Waals surface area contributed by atoms with E-state index in [1.165, 1.54) is 24.3 Å². The molecule has 0 fully saturated rings. The maximum Gasteiger partial charge on any atom is 0.238 e. The number of anilines is 1. The van der Waals surface area contributed by atoms with Gasteiger partial charge < -0.3 is 5.32 Å². The van der Waals surface area contributed by atoms with E-state index in [0.717, 1.165) is 5.56 Å². The summed E-state index contributed by atoms with van der Waals surface area (Å²) in [4.78, 5) is 0.0470. The molecule has 2 aromatic carbocycles. The number of hydrogen-bond donors (Lipinski definition) is 2. The summed E-state index contributed by atoms with van der Waals surface area (Å²) in [6.07, 6.45) is 0. The summed E-state index contributed by atoms with van der Waals surface area (Å²) >= 11 is 5.72. The summed E-state index contributed by atoms with van der Waals surface area (Å²) in [5.41, 5.74) is 1.37.